The topological polar surface area (TPSA) is 0 Å². The molecular formula is C61H60B2. The van der Waals surface area contributed by atoms with Crippen LogP contribution < -0.4 is 32.8 Å². The zero-order valence-corrected chi connectivity index (χ0v) is 39.5. The van der Waals surface area contributed by atoms with Gasteiger partial charge in [-0.05, 0) is 116 Å². The molecule has 0 heterocycles. The molecule has 0 unspecified atom stereocenters. The molecular weight excluding hydrogens is 754 g/mol. The molecule has 2 heteroatoms. The minimum atomic E-state index is -0.572. The van der Waals surface area contributed by atoms with Gasteiger partial charge in [-0.2, -0.15) is 0 Å². The third-order valence-corrected chi connectivity index (χ3v) is 14.4. The third kappa shape index (κ3) is 7.04. The maximum atomic E-state index is 2.61. The van der Waals surface area contributed by atoms with E-state index in [2.05, 4.69) is 229 Å². The second-order valence-corrected chi connectivity index (χ2v) is 19.2. The van der Waals surface area contributed by atoms with E-state index >= 15 is 0 Å². The number of benzene rings is 8. The predicted molar refractivity (Wildman–Crippen MR) is 276 cm³/mol. The number of hydrogen-bond donors (Lipinski definition) is 0. The molecule has 0 N–H and O–H groups in total. The molecule has 9 rings (SSSR count). The highest BCUT2D eigenvalue weighted by Gasteiger charge is 2.47. The Kier molecular flexibility index (Phi) is 10.9. The van der Waals surface area contributed by atoms with Crippen LogP contribution in [0.5, 0.6) is 0 Å². The molecule has 0 radical (unpaired) electrons. The summed E-state index contributed by atoms with van der Waals surface area (Å²) >= 11 is 0. The van der Waals surface area contributed by atoms with Gasteiger partial charge in [0, 0.05) is 0 Å². The zero-order valence-electron chi connectivity index (χ0n) is 39.5. The molecule has 63 heavy (non-hydrogen) atoms. The maximum Gasteiger partial charge on any atom is 0.242 e. The molecule has 0 aliphatic heterocycles. The summed E-state index contributed by atoms with van der Waals surface area (Å²) in [5.74, 6) is 0. The standard InChI is InChI=1S/C61H60B2/c1-37-27-41(5)57(42(6)28-37)62(58-43(7)29-38(2)30-44(58)8)51-23-25-53-54-26-24-52(63(59-45(9)31-39(3)32-46(59)10)60-47(11)33-40(4)34-48(60)12)36-56(54)61(55(53)35-51,49-19-15-13-16-20-49)50-21-17-14-18-22-50/h13-36H,1-12H3. The van der Waals surface area contributed by atoms with E-state index < -0.39 is 5.41 Å². The number of hydrogen-bond acceptors (Lipinski definition) is 0. The monoisotopic (exact) mass is 814 g/mol. The molecule has 1 aliphatic rings. The Balaban J connectivity index is 1.38. The molecule has 1 aliphatic carbocycles. The van der Waals surface area contributed by atoms with Gasteiger partial charge < -0.3 is 0 Å². The van der Waals surface area contributed by atoms with Gasteiger partial charge in [-0.3, -0.25) is 0 Å². The molecule has 0 bridgehead atoms. The van der Waals surface area contributed by atoms with Gasteiger partial charge in [-0.1, -0.05) is 245 Å². The van der Waals surface area contributed by atoms with Crippen molar-refractivity contribution in [1.29, 1.82) is 0 Å². The molecule has 0 fully saturated rings. The lowest BCUT2D eigenvalue weighted by Crippen LogP contribution is -2.56. The Labute approximate surface area is 378 Å². The highest BCUT2D eigenvalue weighted by molar-refractivity contribution is 6.97. The van der Waals surface area contributed by atoms with Crippen molar-refractivity contribution in [2.24, 2.45) is 0 Å². The van der Waals surface area contributed by atoms with Crippen LogP contribution in [0.1, 0.15) is 89.0 Å². The minimum Gasteiger partial charge on any atom is -0.0682 e. The first-order valence-corrected chi connectivity index (χ1v) is 22.9. The molecule has 8 aromatic rings. The van der Waals surface area contributed by atoms with Gasteiger partial charge in [-0.15, -0.1) is 0 Å². The zero-order chi connectivity index (χ0) is 44.5. The van der Waals surface area contributed by atoms with Crippen LogP contribution in [0.15, 0.2) is 146 Å². The summed E-state index contributed by atoms with van der Waals surface area (Å²) in [6.07, 6.45) is 0. The van der Waals surface area contributed by atoms with E-state index in [0.29, 0.717) is 0 Å². The molecule has 0 saturated heterocycles. The average molecular weight is 815 g/mol. The molecule has 0 amide bonds. The SMILES string of the molecule is Cc1cc(C)c(B(c2ccc3c(c2)C(c2ccccc2)(c2ccccc2)c2cc(B(c4c(C)cc(C)cc4C)c4c(C)cc(C)cc4C)ccc2-3)c2c(C)cc(C)cc2C)c(C)c1. The van der Waals surface area contributed by atoms with E-state index in [9.17, 15) is 0 Å². The normalized spacial score (nSPS) is 12.6. The lowest BCUT2D eigenvalue weighted by molar-refractivity contribution is 0.770. The first kappa shape index (κ1) is 42.2. The van der Waals surface area contributed by atoms with Crippen LogP contribution in [0.3, 0.4) is 0 Å². The van der Waals surface area contributed by atoms with Gasteiger partial charge in [0.2, 0.25) is 13.4 Å². The van der Waals surface area contributed by atoms with Crippen molar-refractivity contribution in [3.8, 4) is 11.1 Å². The van der Waals surface area contributed by atoms with E-state index in [1.807, 2.05) is 0 Å². The van der Waals surface area contributed by atoms with Crippen molar-refractivity contribution < 1.29 is 0 Å². The van der Waals surface area contributed by atoms with Gasteiger partial charge in [0.25, 0.3) is 0 Å². The van der Waals surface area contributed by atoms with Crippen molar-refractivity contribution in [2.75, 3.05) is 0 Å². The van der Waals surface area contributed by atoms with Gasteiger partial charge in [0.1, 0.15) is 0 Å². The highest BCUT2D eigenvalue weighted by Crippen LogP contribution is 2.55. The predicted octanol–water partition coefficient (Wildman–Crippen LogP) is 10.8. The van der Waals surface area contributed by atoms with Gasteiger partial charge in [-0.25, -0.2) is 0 Å². The summed E-state index contributed by atoms with van der Waals surface area (Å²) in [4.78, 5) is 0. The second kappa shape index (κ2) is 16.2. The average Bonchev–Trinajstić information content (AvgIpc) is 3.51. The highest BCUT2D eigenvalue weighted by atomic mass is 14.5. The van der Waals surface area contributed by atoms with Crippen molar-refractivity contribution >= 4 is 46.2 Å². The maximum absolute atomic E-state index is 2.61. The van der Waals surface area contributed by atoms with Gasteiger partial charge in [0.05, 0.1) is 5.41 Å². The number of fused-ring (bicyclic) bond motifs is 3. The number of rotatable bonds is 8. The van der Waals surface area contributed by atoms with Gasteiger partial charge in [0.15, 0.2) is 0 Å². The summed E-state index contributed by atoms with van der Waals surface area (Å²) in [7, 11) is 0. The third-order valence-electron chi connectivity index (χ3n) is 14.4. The molecule has 0 nitrogen and oxygen atoms in total. The van der Waals surface area contributed by atoms with E-state index in [4.69, 9.17) is 0 Å². The van der Waals surface area contributed by atoms with Crippen molar-refractivity contribution in [3.63, 3.8) is 0 Å². The first-order chi connectivity index (χ1) is 30.2. The Bertz CT molecular complexity index is 2660. The summed E-state index contributed by atoms with van der Waals surface area (Å²) in [6, 6.07) is 56.8. The Morgan fingerprint density at radius 3 is 0.794 bits per heavy atom. The fourth-order valence-corrected chi connectivity index (χ4v) is 12.4. The molecule has 0 spiro atoms. The minimum absolute atomic E-state index is 0.0596. The summed E-state index contributed by atoms with van der Waals surface area (Å²) in [5.41, 5.74) is 31.6. The van der Waals surface area contributed by atoms with Crippen molar-refractivity contribution in [1.82, 2.24) is 0 Å². The van der Waals surface area contributed by atoms with Crippen LogP contribution in [-0.2, 0) is 5.41 Å². The van der Waals surface area contributed by atoms with Crippen LogP contribution in [0.4, 0.5) is 0 Å². The Morgan fingerprint density at radius 1 is 0.286 bits per heavy atom. The van der Waals surface area contributed by atoms with Crippen LogP contribution >= 0.6 is 0 Å². The fourth-order valence-electron chi connectivity index (χ4n) is 12.4. The van der Waals surface area contributed by atoms with E-state index in [1.54, 1.807) is 0 Å². The molecule has 0 atom stereocenters. The molecule has 0 saturated carbocycles. The molecule has 0 aromatic heterocycles. The van der Waals surface area contributed by atoms with E-state index in [1.165, 1.54) is 133 Å². The van der Waals surface area contributed by atoms with Crippen LogP contribution in [0.25, 0.3) is 11.1 Å². The number of aryl methyl sites for hydroxylation is 12. The Morgan fingerprint density at radius 2 is 0.540 bits per heavy atom. The first-order valence-electron chi connectivity index (χ1n) is 22.9. The van der Waals surface area contributed by atoms with Crippen LogP contribution in [0, 0.1) is 83.1 Å². The second-order valence-electron chi connectivity index (χ2n) is 19.2. The molecule has 8 aromatic carbocycles. The largest absolute Gasteiger partial charge is 0.242 e. The smallest absolute Gasteiger partial charge is 0.0682 e. The van der Waals surface area contributed by atoms with Crippen molar-refractivity contribution in [2.45, 2.75) is 88.5 Å². The lowest BCUT2D eigenvalue weighted by atomic mass is 9.34. The van der Waals surface area contributed by atoms with Crippen LogP contribution in [0.2, 0.25) is 0 Å². The van der Waals surface area contributed by atoms with E-state index in [0.717, 1.165) is 0 Å². The summed E-state index contributed by atoms with van der Waals surface area (Å²) in [5, 5.41) is 0. The Hall–Kier alpha value is -6.11. The molecule has 310 valence electrons. The summed E-state index contributed by atoms with van der Waals surface area (Å²) in [6.45, 7) is 27.5. The van der Waals surface area contributed by atoms with Gasteiger partial charge >= 0.3 is 0 Å². The van der Waals surface area contributed by atoms with E-state index in [-0.39, 0.29) is 13.4 Å². The summed E-state index contributed by atoms with van der Waals surface area (Å²) < 4.78 is 0. The van der Waals surface area contributed by atoms with Crippen LogP contribution in [-0.4, -0.2) is 13.4 Å². The fraction of sp³-hybridized carbons (Fsp3) is 0.213. The van der Waals surface area contributed by atoms with Crippen molar-refractivity contribution in [3.05, 3.63) is 235 Å². The lowest BCUT2D eigenvalue weighted by Gasteiger charge is -2.35. The quantitative estimate of drug-likeness (QED) is 0.134.